The molecule has 0 fully saturated rings. The van der Waals surface area contributed by atoms with Crippen LogP contribution in [0.5, 0.6) is 0 Å². The van der Waals surface area contributed by atoms with Gasteiger partial charge in [-0.25, -0.2) is 0 Å². The van der Waals surface area contributed by atoms with Gasteiger partial charge in [0.05, 0.1) is 0 Å². The Morgan fingerprint density at radius 1 is 1.38 bits per heavy atom. The lowest BCUT2D eigenvalue weighted by Crippen LogP contribution is -2.33. The van der Waals surface area contributed by atoms with Crippen LogP contribution < -0.4 is 11.1 Å². The molecular weight excluding hydrogens is 280 g/mol. The number of rotatable bonds is 7. The van der Waals surface area contributed by atoms with E-state index < -0.39 is 0 Å². The molecule has 2 heterocycles. The van der Waals surface area contributed by atoms with Gasteiger partial charge in [0.2, 0.25) is 0 Å². The SMILES string of the molecule is CC(CN=C(N)NCCc1ccccn1)Cc1cccs1. The smallest absolute Gasteiger partial charge is 0.188 e. The van der Waals surface area contributed by atoms with Crippen LogP contribution in [0.2, 0.25) is 0 Å². The lowest BCUT2D eigenvalue weighted by molar-refractivity contribution is 0.597. The lowest BCUT2D eigenvalue weighted by Gasteiger charge is -2.09. The Morgan fingerprint density at radius 2 is 2.29 bits per heavy atom. The molecule has 3 N–H and O–H groups in total. The molecule has 1 atom stereocenters. The van der Waals surface area contributed by atoms with Gasteiger partial charge >= 0.3 is 0 Å². The van der Waals surface area contributed by atoms with E-state index in [1.807, 2.05) is 18.2 Å². The van der Waals surface area contributed by atoms with Crippen molar-refractivity contribution in [2.75, 3.05) is 13.1 Å². The predicted molar refractivity (Wildman–Crippen MR) is 89.6 cm³/mol. The van der Waals surface area contributed by atoms with E-state index in [4.69, 9.17) is 5.73 Å². The van der Waals surface area contributed by atoms with E-state index in [-0.39, 0.29) is 0 Å². The minimum absolute atomic E-state index is 0.500. The van der Waals surface area contributed by atoms with E-state index in [0.29, 0.717) is 11.9 Å². The number of nitrogens with zero attached hydrogens (tertiary/aromatic N) is 2. The molecule has 21 heavy (non-hydrogen) atoms. The quantitative estimate of drug-likeness (QED) is 0.610. The Kier molecular flexibility index (Phi) is 6.22. The Hall–Kier alpha value is -1.88. The molecule has 0 radical (unpaired) electrons. The summed E-state index contributed by atoms with van der Waals surface area (Å²) in [7, 11) is 0. The van der Waals surface area contributed by atoms with E-state index in [2.05, 4.69) is 39.7 Å². The van der Waals surface area contributed by atoms with Gasteiger partial charge in [0.1, 0.15) is 0 Å². The first-order valence-corrected chi connectivity index (χ1v) is 8.08. The molecule has 0 amide bonds. The van der Waals surface area contributed by atoms with Crippen molar-refractivity contribution in [1.29, 1.82) is 0 Å². The highest BCUT2D eigenvalue weighted by Gasteiger charge is 2.04. The Morgan fingerprint density at radius 3 is 3.00 bits per heavy atom. The maximum absolute atomic E-state index is 5.88. The number of guanidine groups is 1. The molecule has 2 aromatic rings. The first kappa shape index (κ1) is 15.5. The van der Waals surface area contributed by atoms with Crippen LogP contribution in [0.15, 0.2) is 46.9 Å². The largest absolute Gasteiger partial charge is 0.370 e. The van der Waals surface area contributed by atoms with Crippen LogP contribution in [0.3, 0.4) is 0 Å². The fraction of sp³-hybridized carbons (Fsp3) is 0.375. The van der Waals surface area contributed by atoms with Crippen molar-refractivity contribution in [3.63, 3.8) is 0 Å². The number of nitrogens with two attached hydrogens (primary N) is 1. The van der Waals surface area contributed by atoms with E-state index in [1.165, 1.54) is 4.88 Å². The second kappa shape index (κ2) is 8.42. The molecule has 0 aliphatic carbocycles. The average molecular weight is 302 g/mol. The number of aliphatic imine (C=N–C) groups is 1. The minimum atomic E-state index is 0.500. The molecule has 4 nitrogen and oxygen atoms in total. The van der Waals surface area contributed by atoms with Crippen molar-refractivity contribution in [2.45, 2.75) is 19.8 Å². The van der Waals surface area contributed by atoms with Gasteiger partial charge < -0.3 is 11.1 Å². The van der Waals surface area contributed by atoms with Crippen molar-refractivity contribution >= 4 is 17.3 Å². The summed E-state index contributed by atoms with van der Waals surface area (Å²) in [5, 5.41) is 5.25. The zero-order valence-corrected chi connectivity index (χ0v) is 13.1. The number of pyridine rings is 1. The van der Waals surface area contributed by atoms with Gasteiger partial charge in [0.25, 0.3) is 0 Å². The molecular formula is C16H22N4S. The van der Waals surface area contributed by atoms with E-state index in [0.717, 1.165) is 31.6 Å². The normalized spacial score (nSPS) is 13.1. The highest BCUT2D eigenvalue weighted by molar-refractivity contribution is 7.09. The summed E-state index contributed by atoms with van der Waals surface area (Å²) < 4.78 is 0. The Balaban J connectivity index is 1.66. The summed E-state index contributed by atoms with van der Waals surface area (Å²) in [4.78, 5) is 10.1. The third kappa shape index (κ3) is 5.95. The molecule has 0 saturated carbocycles. The number of thiophene rings is 1. The summed E-state index contributed by atoms with van der Waals surface area (Å²) in [6.07, 6.45) is 3.71. The Labute approximate surface area is 130 Å². The van der Waals surface area contributed by atoms with Crippen molar-refractivity contribution in [2.24, 2.45) is 16.6 Å². The molecule has 2 aromatic heterocycles. The zero-order chi connectivity index (χ0) is 14.9. The average Bonchev–Trinajstić information content (AvgIpc) is 2.99. The van der Waals surface area contributed by atoms with Crippen molar-refractivity contribution in [3.8, 4) is 0 Å². The second-order valence-corrected chi connectivity index (χ2v) is 6.14. The van der Waals surface area contributed by atoms with Crippen LogP contribution in [0.4, 0.5) is 0 Å². The van der Waals surface area contributed by atoms with Crippen LogP contribution in [0.25, 0.3) is 0 Å². The fourth-order valence-electron chi connectivity index (χ4n) is 2.01. The van der Waals surface area contributed by atoms with Gasteiger partial charge in [-0.3, -0.25) is 9.98 Å². The number of nitrogens with one attached hydrogen (secondary N) is 1. The lowest BCUT2D eigenvalue weighted by atomic mass is 10.1. The zero-order valence-electron chi connectivity index (χ0n) is 12.3. The summed E-state index contributed by atoms with van der Waals surface area (Å²) in [6, 6.07) is 10.2. The van der Waals surface area contributed by atoms with Gasteiger partial charge in [-0.05, 0) is 35.9 Å². The predicted octanol–water partition coefficient (Wildman–Crippen LogP) is 2.47. The molecule has 1 unspecified atom stereocenters. The standard InChI is InChI=1S/C16H22N4S/c1-13(11-15-6-4-10-21-15)12-20-16(17)19-9-7-14-5-2-3-8-18-14/h2-6,8,10,13H,7,9,11-12H2,1H3,(H3,17,19,20). The van der Waals surface area contributed by atoms with Gasteiger partial charge in [-0.2, -0.15) is 0 Å². The summed E-state index contributed by atoms with van der Waals surface area (Å²) in [5.74, 6) is 1.02. The van der Waals surface area contributed by atoms with Gasteiger partial charge in [0, 0.05) is 36.3 Å². The molecule has 0 aromatic carbocycles. The molecule has 2 rings (SSSR count). The summed E-state index contributed by atoms with van der Waals surface area (Å²) in [6.45, 7) is 3.70. The fourth-order valence-corrected chi connectivity index (χ4v) is 2.88. The van der Waals surface area contributed by atoms with Crippen molar-refractivity contribution in [3.05, 3.63) is 52.5 Å². The summed E-state index contributed by atoms with van der Waals surface area (Å²) in [5.41, 5.74) is 6.94. The van der Waals surface area contributed by atoms with Gasteiger partial charge in [-0.15, -0.1) is 11.3 Å². The molecule has 0 saturated heterocycles. The summed E-state index contributed by atoms with van der Waals surface area (Å²) >= 11 is 1.79. The number of hydrogen-bond donors (Lipinski definition) is 2. The van der Waals surface area contributed by atoms with Gasteiger partial charge in [-0.1, -0.05) is 19.1 Å². The first-order chi connectivity index (χ1) is 10.2. The molecule has 0 aliphatic rings. The molecule has 0 spiro atoms. The molecule has 0 aliphatic heterocycles. The highest BCUT2D eigenvalue weighted by atomic mass is 32.1. The molecule has 112 valence electrons. The van der Waals surface area contributed by atoms with Crippen LogP contribution in [-0.4, -0.2) is 24.0 Å². The van der Waals surface area contributed by atoms with Gasteiger partial charge in [0.15, 0.2) is 5.96 Å². The van der Waals surface area contributed by atoms with Crippen LogP contribution in [0.1, 0.15) is 17.5 Å². The maximum atomic E-state index is 5.88. The van der Waals surface area contributed by atoms with Crippen molar-refractivity contribution in [1.82, 2.24) is 10.3 Å². The van der Waals surface area contributed by atoms with Crippen LogP contribution in [0, 0.1) is 5.92 Å². The highest BCUT2D eigenvalue weighted by Crippen LogP contribution is 2.14. The van der Waals surface area contributed by atoms with E-state index in [1.54, 1.807) is 17.5 Å². The number of aromatic nitrogens is 1. The topological polar surface area (TPSA) is 63.3 Å². The maximum Gasteiger partial charge on any atom is 0.188 e. The van der Waals surface area contributed by atoms with Crippen molar-refractivity contribution < 1.29 is 0 Å². The van der Waals surface area contributed by atoms with Crippen LogP contribution in [-0.2, 0) is 12.8 Å². The molecule has 0 bridgehead atoms. The minimum Gasteiger partial charge on any atom is -0.370 e. The second-order valence-electron chi connectivity index (χ2n) is 5.11. The Bertz CT molecular complexity index is 537. The number of hydrogen-bond acceptors (Lipinski definition) is 3. The monoisotopic (exact) mass is 302 g/mol. The first-order valence-electron chi connectivity index (χ1n) is 7.20. The third-order valence-electron chi connectivity index (χ3n) is 3.12. The van der Waals surface area contributed by atoms with E-state index >= 15 is 0 Å². The van der Waals surface area contributed by atoms with E-state index in [9.17, 15) is 0 Å². The third-order valence-corrected chi connectivity index (χ3v) is 4.02. The molecule has 5 heteroatoms. The van der Waals surface area contributed by atoms with Crippen LogP contribution >= 0.6 is 11.3 Å².